The number of fused-ring (bicyclic) bond motifs is 1. The zero-order valence-corrected chi connectivity index (χ0v) is 19.9. The Labute approximate surface area is 198 Å². The van der Waals surface area contributed by atoms with E-state index in [0.717, 1.165) is 12.5 Å². The molecule has 0 spiro atoms. The summed E-state index contributed by atoms with van der Waals surface area (Å²) >= 11 is 0. The van der Waals surface area contributed by atoms with Gasteiger partial charge in [0, 0.05) is 37.7 Å². The second-order valence-corrected chi connectivity index (χ2v) is 9.66. The molecule has 34 heavy (non-hydrogen) atoms. The van der Waals surface area contributed by atoms with Gasteiger partial charge in [0.25, 0.3) is 5.91 Å². The van der Waals surface area contributed by atoms with Gasteiger partial charge in [-0.15, -0.1) is 0 Å². The van der Waals surface area contributed by atoms with E-state index < -0.39 is 31.0 Å². The number of aliphatic hydroxyl groups excluding tert-OH is 1. The van der Waals surface area contributed by atoms with Crippen molar-refractivity contribution in [3.8, 4) is 5.75 Å². The average molecular weight is 486 g/mol. The number of nitrogens with one attached hydrogen (secondary N) is 1. The predicted molar refractivity (Wildman–Crippen MR) is 122 cm³/mol. The van der Waals surface area contributed by atoms with Crippen molar-refractivity contribution in [1.82, 2.24) is 9.80 Å². The van der Waals surface area contributed by atoms with Gasteiger partial charge in [-0.25, -0.2) is 0 Å². The molecule has 1 saturated carbocycles. The fourth-order valence-electron chi connectivity index (χ4n) is 4.12. The maximum atomic E-state index is 13.4. The molecule has 2 amide bonds. The number of ether oxygens (including phenoxy) is 1. The molecule has 1 heterocycles. The van der Waals surface area contributed by atoms with E-state index in [1.807, 2.05) is 14.0 Å². The van der Waals surface area contributed by atoms with Gasteiger partial charge in [-0.1, -0.05) is 6.92 Å². The summed E-state index contributed by atoms with van der Waals surface area (Å²) in [7, 11) is 2.05. The van der Waals surface area contributed by atoms with Gasteiger partial charge in [-0.3, -0.25) is 9.59 Å². The van der Waals surface area contributed by atoms with Gasteiger partial charge in [-0.2, -0.15) is 13.2 Å². The minimum absolute atomic E-state index is 0.00509. The van der Waals surface area contributed by atoms with Gasteiger partial charge < -0.3 is 25.0 Å². The SMILES string of the molecule is C[C@H](CO)N1C[C@H](C)[C@H](CN(C)CC2CC2)Oc2ccc(NC(=O)CCC(F)(F)F)cc2C1=O. The maximum absolute atomic E-state index is 13.4. The predicted octanol–water partition coefficient (Wildman–Crippen LogP) is 3.53. The molecular formula is C24H34F3N3O4. The fraction of sp³-hybridized carbons (Fsp3) is 0.667. The highest BCUT2D eigenvalue weighted by molar-refractivity contribution is 5.99. The zero-order chi connectivity index (χ0) is 25.0. The molecule has 0 bridgehead atoms. The number of carbonyl (C=O) groups is 2. The van der Waals surface area contributed by atoms with Crippen LogP contribution < -0.4 is 10.1 Å². The third-order valence-electron chi connectivity index (χ3n) is 6.34. The molecule has 3 atom stereocenters. The highest BCUT2D eigenvalue weighted by atomic mass is 19.4. The van der Waals surface area contributed by atoms with Crippen LogP contribution in [0.15, 0.2) is 18.2 Å². The molecule has 1 fully saturated rings. The molecule has 10 heteroatoms. The van der Waals surface area contributed by atoms with Crippen LogP contribution in [0.25, 0.3) is 0 Å². The first-order valence-corrected chi connectivity index (χ1v) is 11.7. The molecule has 3 rings (SSSR count). The van der Waals surface area contributed by atoms with E-state index in [1.165, 1.54) is 25.0 Å². The first-order valence-electron chi connectivity index (χ1n) is 11.7. The number of hydrogen-bond donors (Lipinski definition) is 2. The second kappa shape index (κ2) is 10.9. The molecule has 7 nitrogen and oxygen atoms in total. The number of nitrogens with zero attached hydrogens (tertiary/aromatic N) is 2. The van der Waals surface area contributed by atoms with Crippen molar-refractivity contribution in [2.45, 2.75) is 57.9 Å². The van der Waals surface area contributed by atoms with E-state index in [1.54, 1.807) is 17.9 Å². The molecule has 0 saturated heterocycles. The number of carbonyl (C=O) groups excluding carboxylic acids is 2. The Balaban J connectivity index is 1.83. The van der Waals surface area contributed by atoms with Crippen LogP contribution >= 0.6 is 0 Å². The van der Waals surface area contributed by atoms with E-state index in [0.29, 0.717) is 18.8 Å². The molecule has 0 aromatic heterocycles. The molecule has 0 radical (unpaired) electrons. The topological polar surface area (TPSA) is 82.1 Å². The smallest absolute Gasteiger partial charge is 0.389 e. The Bertz CT molecular complexity index is 876. The Kier molecular flexibility index (Phi) is 8.46. The van der Waals surface area contributed by atoms with Crippen LogP contribution in [0.2, 0.25) is 0 Å². The van der Waals surface area contributed by atoms with E-state index in [2.05, 4.69) is 10.2 Å². The molecule has 1 aliphatic heterocycles. The van der Waals surface area contributed by atoms with Gasteiger partial charge in [0.2, 0.25) is 5.91 Å². The third kappa shape index (κ3) is 7.33. The summed E-state index contributed by atoms with van der Waals surface area (Å²) in [6.45, 7) is 5.59. The molecule has 1 aromatic carbocycles. The van der Waals surface area contributed by atoms with E-state index in [9.17, 15) is 27.9 Å². The zero-order valence-electron chi connectivity index (χ0n) is 19.9. The summed E-state index contributed by atoms with van der Waals surface area (Å²) < 4.78 is 43.6. The van der Waals surface area contributed by atoms with Gasteiger partial charge in [0.1, 0.15) is 11.9 Å². The maximum Gasteiger partial charge on any atom is 0.389 e. The minimum atomic E-state index is -4.42. The summed E-state index contributed by atoms with van der Waals surface area (Å²) in [5.41, 5.74) is 0.422. The van der Waals surface area contributed by atoms with Gasteiger partial charge in [0.15, 0.2) is 0 Å². The fourth-order valence-corrected chi connectivity index (χ4v) is 4.12. The average Bonchev–Trinajstić information content (AvgIpc) is 3.58. The number of alkyl halides is 3. The first-order chi connectivity index (χ1) is 16.0. The molecule has 1 aliphatic carbocycles. The lowest BCUT2D eigenvalue weighted by Gasteiger charge is -2.38. The largest absolute Gasteiger partial charge is 0.488 e. The number of benzene rings is 1. The lowest BCUT2D eigenvalue weighted by atomic mass is 9.99. The highest BCUT2D eigenvalue weighted by Gasteiger charge is 2.34. The second-order valence-electron chi connectivity index (χ2n) is 9.66. The Morgan fingerprint density at radius 3 is 2.65 bits per heavy atom. The number of aliphatic hydroxyl groups is 1. The molecule has 2 aliphatic rings. The van der Waals surface area contributed by atoms with Gasteiger partial charge in [0.05, 0.1) is 24.6 Å². The number of anilines is 1. The quantitative estimate of drug-likeness (QED) is 0.559. The van der Waals surface area contributed by atoms with E-state index in [-0.39, 0.29) is 35.8 Å². The molecular weight excluding hydrogens is 451 g/mol. The number of hydrogen-bond acceptors (Lipinski definition) is 5. The van der Waals surface area contributed by atoms with Crippen molar-refractivity contribution in [3.63, 3.8) is 0 Å². The van der Waals surface area contributed by atoms with Crippen molar-refractivity contribution in [2.24, 2.45) is 11.8 Å². The van der Waals surface area contributed by atoms with Crippen LogP contribution in [0.5, 0.6) is 5.75 Å². The van der Waals surface area contributed by atoms with Gasteiger partial charge in [-0.05, 0) is 50.9 Å². The summed E-state index contributed by atoms with van der Waals surface area (Å²) in [4.78, 5) is 29.2. The summed E-state index contributed by atoms with van der Waals surface area (Å²) in [6, 6.07) is 4.09. The lowest BCUT2D eigenvalue weighted by molar-refractivity contribution is -0.142. The van der Waals surface area contributed by atoms with E-state index in [4.69, 9.17) is 4.74 Å². The Morgan fingerprint density at radius 1 is 1.32 bits per heavy atom. The number of likely N-dealkylation sites (N-methyl/N-ethyl adjacent to an activating group) is 1. The highest BCUT2D eigenvalue weighted by Crippen LogP contribution is 2.32. The monoisotopic (exact) mass is 485 g/mol. The normalized spacial score (nSPS) is 22.0. The van der Waals surface area contributed by atoms with E-state index >= 15 is 0 Å². The molecule has 190 valence electrons. The minimum Gasteiger partial charge on any atom is -0.488 e. The van der Waals surface area contributed by atoms with Crippen molar-refractivity contribution >= 4 is 17.5 Å². The lowest BCUT2D eigenvalue weighted by Crippen LogP contribution is -2.50. The summed E-state index contributed by atoms with van der Waals surface area (Å²) in [6.07, 6.45) is -4.08. The van der Waals surface area contributed by atoms with Crippen LogP contribution in [-0.4, -0.2) is 78.3 Å². The van der Waals surface area contributed by atoms with Crippen LogP contribution in [-0.2, 0) is 4.79 Å². The standard InChI is InChI=1S/C24H34F3N3O4/c1-15-11-30(16(2)14-31)23(33)19-10-18(28-22(32)8-9-24(25,26)27)6-7-20(19)34-21(15)13-29(3)12-17-4-5-17/h6-7,10,15-17,21,31H,4-5,8-9,11-14H2,1-3H3,(H,28,32)/t15-,16+,21-/m0/s1. The first kappa shape index (κ1) is 26.3. The van der Waals surface area contributed by atoms with Crippen molar-refractivity contribution in [3.05, 3.63) is 23.8 Å². The summed E-state index contributed by atoms with van der Waals surface area (Å²) in [5.74, 6) is -0.0821. The summed E-state index contributed by atoms with van der Waals surface area (Å²) in [5, 5.41) is 12.2. The van der Waals surface area contributed by atoms with Crippen LogP contribution in [0.3, 0.4) is 0 Å². The molecule has 0 unspecified atom stereocenters. The van der Waals surface area contributed by atoms with Crippen LogP contribution in [0, 0.1) is 11.8 Å². The number of halogens is 3. The number of amides is 2. The van der Waals surface area contributed by atoms with Gasteiger partial charge >= 0.3 is 6.18 Å². The Hall–Kier alpha value is -2.33. The third-order valence-corrected chi connectivity index (χ3v) is 6.34. The van der Waals surface area contributed by atoms with Crippen LogP contribution in [0.4, 0.5) is 18.9 Å². The van der Waals surface area contributed by atoms with Crippen molar-refractivity contribution in [2.75, 3.05) is 38.6 Å². The molecule has 2 N–H and O–H groups in total. The van der Waals surface area contributed by atoms with Crippen molar-refractivity contribution < 1.29 is 32.6 Å². The molecule has 1 aromatic rings. The Morgan fingerprint density at radius 2 is 2.03 bits per heavy atom. The van der Waals surface area contributed by atoms with Crippen LogP contribution in [0.1, 0.15) is 49.9 Å². The van der Waals surface area contributed by atoms with Crippen molar-refractivity contribution in [1.29, 1.82) is 0 Å². The number of rotatable bonds is 9.